The predicted molar refractivity (Wildman–Crippen MR) is 113 cm³/mol. The van der Waals surface area contributed by atoms with Crippen LogP contribution in [0.1, 0.15) is 0 Å². The lowest BCUT2D eigenvalue weighted by molar-refractivity contribution is -0.116. The Hall–Kier alpha value is -1.74. The molecule has 1 aromatic heterocycles. The predicted octanol–water partition coefficient (Wildman–Crippen LogP) is 4.91. The van der Waals surface area contributed by atoms with Gasteiger partial charge in [0.15, 0.2) is 10.9 Å². The van der Waals surface area contributed by atoms with E-state index in [0.717, 1.165) is 22.3 Å². The highest BCUT2D eigenvalue weighted by atomic mass is 35.5. The normalized spacial score (nSPS) is 11.4. The third kappa shape index (κ3) is 5.20. The van der Waals surface area contributed by atoms with Gasteiger partial charge in [-0.2, -0.15) is 0 Å². The number of hydrogen-bond acceptors (Lipinski definition) is 5. The molecule has 3 aromatic rings. The number of carbonyl (C=O) groups excluding carboxylic acids is 1. The minimum atomic E-state index is -0.729. The smallest absolute Gasteiger partial charge is 0.239 e. The third-order valence-corrected chi connectivity index (χ3v) is 6.15. The van der Waals surface area contributed by atoms with Crippen LogP contribution in [-0.4, -0.2) is 48.7 Å². The maximum absolute atomic E-state index is 14.0. The van der Waals surface area contributed by atoms with Crippen molar-refractivity contribution in [2.24, 2.45) is 0 Å². The van der Waals surface area contributed by atoms with Crippen molar-refractivity contribution in [1.29, 1.82) is 0 Å². The zero-order chi connectivity index (χ0) is 20.3. The standard InChI is InChI=1S/C19H18ClF2N3OS2/c1-24(2)7-8-25(17(26)11-27-14-5-3-12(20)4-6-14)19-23-18-15(22)9-13(21)10-16(18)28-19/h3-6,9-10H,7-8,11H2,1-2H3. The van der Waals surface area contributed by atoms with Crippen LogP contribution in [0.5, 0.6) is 0 Å². The number of thioether (sulfide) groups is 1. The molecule has 0 fully saturated rings. The Bertz CT molecular complexity index is 979. The van der Waals surface area contributed by atoms with Gasteiger partial charge < -0.3 is 4.90 Å². The van der Waals surface area contributed by atoms with Crippen molar-refractivity contribution in [2.45, 2.75) is 4.90 Å². The Kier molecular flexibility index (Phi) is 6.87. The number of carbonyl (C=O) groups is 1. The molecule has 2 aromatic carbocycles. The molecule has 0 aliphatic rings. The Morgan fingerprint density at radius 3 is 2.57 bits per heavy atom. The van der Waals surface area contributed by atoms with Crippen molar-refractivity contribution in [1.82, 2.24) is 9.88 Å². The van der Waals surface area contributed by atoms with Gasteiger partial charge in [0.25, 0.3) is 0 Å². The summed E-state index contributed by atoms with van der Waals surface area (Å²) in [5.41, 5.74) is 0.0782. The Morgan fingerprint density at radius 1 is 1.18 bits per heavy atom. The lowest BCUT2D eigenvalue weighted by Crippen LogP contribution is -2.37. The maximum atomic E-state index is 14.0. The fourth-order valence-electron chi connectivity index (χ4n) is 2.44. The van der Waals surface area contributed by atoms with E-state index < -0.39 is 11.6 Å². The second kappa shape index (κ2) is 9.17. The summed E-state index contributed by atoms with van der Waals surface area (Å²) < 4.78 is 27.9. The van der Waals surface area contributed by atoms with E-state index in [1.807, 2.05) is 31.1 Å². The number of thiazole rings is 1. The second-order valence-electron chi connectivity index (χ2n) is 6.32. The van der Waals surface area contributed by atoms with E-state index >= 15 is 0 Å². The van der Waals surface area contributed by atoms with Crippen LogP contribution >= 0.6 is 34.7 Å². The van der Waals surface area contributed by atoms with E-state index in [4.69, 9.17) is 11.6 Å². The van der Waals surface area contributed by atoms with Crippen LogP contribution < -0.4 is 4.90 Å². The molecule has 1 amide bonds. The van der Waals surface area contributed by atoms with Crippen LogP contribution in [0.3, 0.4) is 0 Å². The molecule has 9 heteroatoms. The van der Waals surface area contributed by atoms with Crippen molar-refractivity contribution in [3.63, 3.8) is 0 Å². The molecular weight excluding hydrogens is 424 g/mol. The molecule has 3 rings (SSSR count). The van der Waals surface area contributed by atoms with E-state index in [1.54, 1.807) is 12.1 Å². The van der Waals surface area contributed by atoms with E-state index in [1.165, 1.54) is 22.7 Å². The molecule has 0 bridgehead atoms. The number of benzene rings is 2. The van der Waals surface area contributed by atoms with Crippen LogP contribution in [-0.2, 0) is 4.79 Å². The van der Waals surface area contributed by atoms with Crippen LogP contribution in [0.25, 0.3) is 10.2 Å². The number of hydrogen-bond donors (Lipinski definition) is 0. The molecule has 28 heavy (non-hydrogen) atoms. The average molecular weight is 442 g/mol. The van der Waals surface area contributed by atoms with Gasteiger partial charge >= 0.3 is 0 Å². The van der Waals surface area contributed by atoms with Gasteiger partial charge in [-0.25, -0.2) is 13.8 Å². The Labute approximate surface area is 175 Å². The van der Waals surface area contributed by atoms with Crippen LogP contribution in [0.4, 0.5) is 13.9 Å². The average Bonchev–Trinajstić information content (AvgIpc) is 3.05. The van der Waals surface area contributed by atoms with Gasteiger partial charge in [-0.15, -0.1) is 11.8 Å². The maximum Gasteiger partial charge on any atom is 0.239 e. The summed E-state index contributed by atoms with van der Waals surface area (Å²) in [5, 5.41) is 0.995. The van der Waals surface area contributed by atoms with Crippen molar-refractivity contribution in [3.05, 3.63) is 53.1 Å². The number of anilines is 1. The highest BCUT2D eigenvalue weighted by Gasteiger charge is 2.21. The SMILES string of the molecule is CN(C)CCN(C(=O)CSc1ccc(Cl)cc1)c1nc2c(F)cc(F)cc2s1. The molecule has 0 N–H and O–H groups in total. The van der Waals surface area contributed by atoms with Crippen molar-refractivity contribution in [2.75, 3.05) is 37.8 Å². The Morgan fingerprint density at radius 2 is 1.89 bits per heavy atom. The molecule has 0 radical (unpaired) electrons. The van der Waals surface area contributed by atoms with Gasteiger partial charge in [-0.3, -0.25) is 9.69 Å². The van der Waals surface area contributed by atoms with Gasteiger partial charge in [-0.1, -0.05) is 22.9 Å². The molecule has 0 aliphatic heterocycles. The first kappa shape index (κ1) is 21.0. The lowest BCUT2D eigenvalue weighted by atomic mass is 10.3. The molecule has 0 saturated heterocycles. The van der Waals surface area contributed by atoms with Gasteiger partial charge in [0.1, 0.15) is 11.3 Å². The fourth-order valence-corrected chi connectivity index (χ4v) is 4.39. The van der Waals surface area contributed by atoms with Crippen molar-refractivity contribution >= 4 is 56.0 Å². The Balaban J connectivity index is 1.82. The second-order valence-corrected chi connectivity index (χ2v) is 8.82. The summed E-state index contributed by atoms with van der Waals surface area (Å²) in [5.74, 6) is -1.35. The zero-order valence-corrected chi connectivity index (χ0v) is 17.7. The molecule has 0 atom stereocenters. The highest BCUT2D eigenvalue weighted by molar-refractivity contribution is 8.00. The topological polar surface area (TPSA) is 36.4 Å². The third-order valence-electron chi connectivity index (χ3n) is 3.88. The zero-order valence-electron chi connectivity index (χ0n) is 15.3. The van der Waals surface area contributed by atoms with E-state index in [-0.39, 0.29) is 17.2 Å². The minimum Gasteiger partial charge on any atom is -0.308 e. The van der Waals surface area contributed by atoms with Crippen molar-refractivity contribution < 1.29 is 13.6 Å². The molecule has 0 saturated carbocycles. The minimum absolute atomic E-state index is 0.0782. The first-order chi connectivity index (χ1) is 13.3. The van der Waals surface area contributed by atoms with Gasteiger partial charge in [0, 0.05) is 29.1 Å². The number of halogens is 3. The number of nitrogens with zero attached hydrogens (tertiary/aromatic N) is 3. The lowest BCUT2D eigenvalue weighted by Gasteiger charge is -2.21. The monoisotopic (exact) mass is 441 g/mol. The first-order valence-corrected chi connectivity index (χ1v) is 10.6. The van der Waals surface area contributed by atoms with Crippen LogP contribution in [0.2, 0.25) is 5.02 Å². The summed E-state index contributed by atoms with van der Waals surface area (Å²) in [7, 11) is 3.80. The molecule has 0 unspecified atom stereocenters. The van der Waals surface area contributed by atoms with Gasteiger partial charge in [-0.05, 0) is 44.4 Å². The largest absolute Gasteiger partial charge is 0.308 e. The summed E-state index contributed by atoms with van der Waals surface area (Å²) >= 11 is 8.38. The van der Waals surface area contributed by atoms with Crippen LogP contribution in [0, 0.1) is 11.6 Å². The molecule has 0 aliphatic carbocycles. The number of aromatic nitrogens is 1. The fraction of sp³-hybridized carbons (Fsp3) is 0.263. The van der Waals surface area contributed by atoms with E-state index in [0.29, 0.717) is 27.9 Å². The first-order valence-electron chi connectivity index (χ1n) is 8.42. The highest BCUT2D eigenvalue weighted by Crippen LogP contribution is 2.32. The summed E-state index contributed by atoms with van der Waals surface area (Å²) in [4.78, 5) is 21.5. The number of rotatable bonds is 7. The molecule has 148 valence electrons. The van der Waals surface area contributed by atoms with E-state index in [9.17, 15) is 13.6 Å². The molecule has 0 spiro atoms. The van der Waals surface area contributed by atoms with Crippen LogP contribution in [0.15, 0.2) is 41.3 Å². The van der Waals surface area contributed by atoms with Gasteiger partial charge in [0.05, 0.1) is 10.5 Å². The summed E-state index contributed by atoms with van der Waals surface area (Å²) in [6.45, 7) is 1.01. The molecule has 1 heterocycles. The molecular formula is C19H18ClF2N3OS2. The van der Waals surface area contributed by atoms with E-state index in [2.05, 4.69) is 4.98 Å². The summed E-state index contributed by atoms with van der Waals surface area (Å²) in [6.07, 6.45) is 0. The molecule has 4 nitrogen and oxygen atoms in total. The van der Waals surface area contributed by atoms with Gasteiger partial charge in [0.2, 0.25) is 5.91 Å². The number of fused-ring (bicyclic) bond motifs is 1. The van der Waals surface area contributed by atoms with Crippen molar-refractivity contribution in [3.8, 4) is 0 Å². The quantitative estimate of drug-likeness (QED) is 0.488. The number of amides is 1. The number of likely N-dealkylation sites (N-methyl/N-ethyl adjacent to an activating group) is 1. The summed E-state index contributed by atoms with van der Waals surface area (Å²) in [6, 6.07) is 9.26.